The first kappa shape index (κ1) is 20.0. The zero-order valence-corrected chi connectivity index (χ0v) is 16.8. The molecule has 2 aromatic carbocycles. The van der Waals surface area contributed by atoms with Gasteiger partial charge in [0.2, 0.25) is 0 Å². The number of hydrogen-bond donors (Lipinski definition) is 2. The summed E-state index contributed by atoms with van der Waals surface area (Å²) in [5, 5.41) is 9.64. The minimum atomic E-state index is -0.352. The highest BCUT2D eigenvalue weighted by molar-refractivity contribution is 6.04. The smallest absolute Gasteiger partial charge is 0.273 e. The van der Waals surface area contributed by atoms with Crippen LogP contribution in [0.4, 0.5) is 5.69 Å². The Morgan fingerprint density at radius 2 is 1.68 bits per heavy atom. The van der Waals surface area contributed by atoms with Gasteiger partial charge in [-0.15, -0.1) is 0 Å². The Morgan fingerprint density at radius 3 is 2.45 bits per heavy atom. The van der Waals surface area contributed by atoms with Gasteiger partial charge in [-0.05, 0) is 48.9 Å². The lowest BCUT2D eigenvalue weighted by atomic mass is 10.1. The highest BCUT2D eigenvalue weighted by Gasteiger charge is 2.17. The molecule has 7 nitrogen and oxygen atoms in total. The van der Waals surface area contributed by atoms with Gasteiger partial charge in [-0.2, -0.15) is 0 Å². The van der Waals surface area contributed by atoms with E-state index in [9.17, 15) is 9.59 Å². The van der Waals surface area contributed by atoms with Crippen LogP contribution in [0.2, 0.25) is 0 Å². The fourth-order valence-corrected chi connectivity index (χ4v) is 3.07. The molecule has 2 aromatic heterocycles. The molecule has 0 fully saturated rings. The second-order valence-electron chi connectivity index (χ2n) is 6.95. The van der Waals surface area contributed by atoms with Crippen LogP contribution in [0.25, 0.3) is 11.3 Å². The Kier molecular flexibility index (Phi) is 5.84. The predicted octanol–water partition coefficient (Wildman–Crippen LogP) is 4.48. The molecule has 0 aliphatic heterocycles. The van der Waals surface area contributed by atoms with E-state index in [1.807, 2.05) is 43.3 Å². The van der Waals surface area contributed by atoms with Crippen LogP contribution in [0, 0.1) is 0 Å². The Morgan fingerprint density at radius 1 is 0.903 bits per heavy atom. The highest BCUT2D eigenvalue weighted by atomic mass is 16.5. The second kappa shape index (κ2) is 9.04. The van der Waals surface area contributed by atoms with E-state index in [1.54, 1.807) is 48.8 Å². The van der Waals surface area contributed by atoms with Crippen LogP contribution in [0.5, 0.6) is 0 Å². The molecule has 31 heavy (non-hydrogen) atoms. The summed E-state index contributed by atoms with van der Waals surface area (Å²) in [5.74, 6) is -0.0539. The summed E-state index contributed by atoms with van der Waals surface area (Å²) in [7, 11) is 0. The SMILES string of the molecule is CC(NC(=O)c1cc(-c2ccncc2)on1)c1cccc(NC(=O)c2ccccc2)c1. The van der Waals surface area contributed by atoms with Gasteiger partial charge in [0.25, 0.3) is 11.8 Å². The number of carbonyl (C=O) groups excluding carboxylic acids is 2. The summed E-state index contributed by atoms with van der Waals surface area (Å²) < 4.78 is 5.28. The molecule has 0 radical (unpaired) electrons. The molecule has 4 aromatic rings. The quantitative estimate of drug-likeness (QED) is 0.487. The Balaban J connectivity index is 1.42. The van der Waals surface area contributed by atoms with Gasteiger partial charge >= 0.3 is 0 Å². The molecule has 0 bridgehead atoms. The van der Waals surface area contributed by atoms with Gasteiger partial charge in [0.05, 0.1) is 6.04 Å². The van der Waals surface area contributed by atoms with Gasteiger partial charge in [0, 0.05) is 35.3 Å². The first-order chi connectivity index (χ1) is 15.1. The summed E-state index contributed by atoms with van der Waals surface area (Å²) in [6, 6.07) is 21.2. The molecule has 4 rings (SSSR count). The van der Waals surface area contributed by atoms with E-state index in [1.165, 1.54) is 0 Å². The Bertz CT molecular complexity index is 1190. The van der Waals surface area contributed by atoms with Crippen molar-refractivity contribution in [1.29, 1.82) is 0 Å². The number of amides is 2. The summed E-state index contributed by atoms with van der Waals surface area (Å²) >= 11 is 0. The van der Waals surface area contributed by atoms with Crippen LogP contribution in [0.1, 0.15) is 39.4 Å². The van der Waals surface area contributed by atoms with Crippen molar-refractivity contribution in [3.63, 3.8) is 0 Å². The third-order valence-corrected chi connectivity index (χ3v) is 4.74. The van der Waals surface area contributed by atoms with Gasteiger partial charge in [-0.3, -0.25) is 14.6 Å². The third-order valence-electron chi connectivity index (χ3n) is 4.74. The van der Waals surface area contributed by atoms with Crippen molar-refractivity contribution in [2.45, 2.75) is 13.0 Å². The zero-order chi connectivity index (χ0) is 21.6. The standard InChI is InChI=1S/C24H20N4O3/c1-16(26-24(30)21-15-22(31-28-21)17-10-12-25-13-11-17)19-8-5-9-20(14-19)27-23(29)18-6-3-2-4-7-18/h2-16H,1H3,(H,26,30)(H,27,29). The van der Waals surface area contributed by atoms with Gasteiger partial charge in [-0.25, -0.2) is 0 Å². The van der Waals surface area contributed by atoms with Crippen LogP contribution >= 0.6 is 0 Å². The first-order valence-corrected chi connectivity index (χ1v) is 9.74. The van der Waals surface area contributed by atoms with Crippen molar-refractivity contribution in [3.05, 3.63) is 102 Å². The molecular formula is C24H20N4O3. The average molecular weight is 412 g/mol. The van der Waals surface area contributed by atoms with E-state index in [-0.39, 0.29) is 23.6 Å². The van der Waals surface area contributed by atoms with Gasteiger partial charge in [-0.1, -0.05) is 35.5 Å². The lowest BCUT2D eigenvalue weighted by Gasteiger charge is -2.15. The van der Waals surface area contributed by atoms with Crippen molar-refractivity contribution in [3.8, 4) is 11.3 Å². The van der Waals surface area contributed by atoms with E-state index in [4.69, 9.17) is 4.52 Å². The third kappa shape index (κ3) is 4.84. The molecular weight excluding hydrogens is 392 g/mol. The molecule has 1 atom stereocenters. The summed E-state index contributed by atoms with van der Waals surface area (Å²) in [4.78, 5) is 28.9. The van der Waals surface area contributed by atoms with E-state index in [0.29, 0.717) is 17.0 Å². The second-order valence-corrected chi connectivity index (χ2v) is 6.95. The van der Waals surface area contributed by atoms with Crippen LogP contribution in [0.3, 0.4) is 0 Å². The Labute approximate surface area is 179 Å². The molecule has 2 heterocycles. The Hall–Kier alpha value is -4.26. The first-order valence-electron chi connectivity index (χ1n) is 9.74. The average Bonchev–Trinajstić information content (AvgIpc) is 3.31. The van der Waals surface area contributed by atoms with Gasteiger partial charge in [0.15, 0.2) is 11.5 Å². The number of carbonyl (C=O) groups is 2. The van der Waals surface area contributed by atoms with Crippen molar-refractivity contribution in [2.75, 3.05) is 5.32 Å². The van der Waals surface area contributed by atoms with Crippen LogP contribution in [-0.4, -0.2) is 22.0 Å². The molecule has 2 N–H and O–H groups in total. The normalized spacial score (nSPS) is 11.5. The lowest BCUT2D eigenvalue weighted by Crippen LogP contribution is -2.27. The number of nitrogens with zero attached hydrogens (tertiary/aromatic N) is 2. The summed E-state index contributed by atoms with van der Waals surface area (Å²) in [6.07, 6.45) is 3.28. The molecule has 154 valence electrons. The van der Waals surface area contributed by atoms with Gasteiger partial charge < -0.3 is 15.2 Å². The van der Waals surface area contributed by atoms with E-state index in [0.717, 1.165) is 11.1 Å². The van der Waals surface area contributed by atoms with Crippen LogP contribution in [0.15, 0.2) is 89.7 Å². The van der Waals surface area contributed by atoms with Crippen molar-refractivity contribution < 1.29 is 14.1 Å². The molecule has 0 aliphatic carbocycles. The predicted molar refractivity (Wildman–Crippen MR) is 116 cm³/mol. The monoisotopic (exact) mass is 412 g/mol. The largest absolute Gasteiger partial charge is 0.355 e. The van der Waals surface area contributed by atoms with E-state index < -0.39 is 0 Å². The van der Waals surface area contributed by atoms with Crippen molar-refractivity contribution in [1.82, 2.24) is 15.5 Å². The number of anilines is 1. The topological polar surface area (TPSA) is 97.1 Å². The summed E-state index contributed by atoms with van der Waals surface area (Å²) in [5.41, 5.74) is 3.04. The van der Waals surface area contributed by atoms with Crippen LogP contribution < -0.4 is 10.6 Å². The number of aromatic nitrogens is 2. The zero-order valence-electron chi connectivity index (χ0n) is 16.8. The fraction of sp³-hybridized carbons (Fsp3) is 0.0833. The minimum absolute atomic E-state index is 0.187. The molecule has 1 unspecified atom stereocenters. The molecule has 0 aliphatic rings. The molecule has 0 spiro atoms. The van der Waals surface area contributed by atoms with Crippen molar-refractivity contribution >= 4 is 17.5 Å². The number of hydrogen-bond acceptors (Lipinski definition) is 5. The maximum Gasteiger partial charge on any atom is 0.273 e. The molecule has 2 amide bonds. The van der Waals surface area contributed by atoms with E-state index >= 15 is 0 Å². The van der Waals surface area contributed by atoms with Crippen LogP contribution in [-0.2, 0) is 0 Å². The fourth-order valence-electron chi connectivity index (χ4n) is 3.07. The van der Waals surface area contributed by atoms with Crippen molar-refractivity contribution in [2.24, 2.45) is 0 Å². The highest BCUT2D eigenvalue weighted by Crippen LogP contribution is 2.21. The number of pyridine rings is 1. The molecule has 7 heteroatoms. The number of benzene rings is 2. The number of nitrogens with one attached hydrogen (secondary N) is 2. The van der Waals surface area contributed by atoms with Gasteiger partial charge in [0.1, 0.15) is 0 Å². The lowest BCUT2D eigenvalue weighted by molar-refractivity contribution is 0.0930. The maximum atomic E-state index is 12.6. The molecule has 0 saturated carbocycles. The minimum Gasteiger partial charge on any atom is -0.355 e. The summed E-state index contributed by atoms with van der Waals surface area (Å²) in [6.45, 7) is 1.86. The van der Waals surface area contributed by atoms with E-state index in [2.05, 4.69) is 20.8 Å². The number of rotatable bonds is 6. The maximum absolute atomic E-state index is 12.6. The molecule has 0 saturated heterocycles.